The van der Waals surface area contributed by atoms with Crippen molar-refractivity contribution in [3.8, 4) is 0 Å². The van der Waals surface area contributed by atoms with Crippen molar-refractivity contribution in [2.24, 2.45) is 0 Å². The first-order valence-electron chi connectivity index (χ1n) is 5.64. The molecule has 98 valence electrons. The molecule has 0 saturated heterocycles. The van der Waals surface area contributed by atoms with Crippen molar-refractivity contribution in [2.45, 2.75) is 44.0 Å². The summed E-state index contributed by atoms with van der Waals surface area (Å²) in [7, 11) is 0. The van der Waals surface area contributed by atoms with E-state index in [1.165, 1.54) is 16.4 Å². The highest BCUT2D eigenvalue weighted by molar-refractivity contribution is 7.98. The number of nitrogens with zero attached hydrogens (tertiary/aromatic N) is 4. The van der Waals surface area contributed by atoms with Gasteiger partial charge in [0.25, 0.3) is 0 Å². The van der Waals surface area contributed by atoms with Gasteiger partial charge in [-0.3, -0.25) is 0 Å². The minimum atomic E-state index is -0.120. The molecule has 0 saturated carbocycles. The summed E-state index contributed by atoms with van der Waals surface area (Å²) in [6, 6.07) is 1.90. The average Bonchev–Trinajstić information content (AvgIpc) is 2.81. The molecule has 0 aliphatic heterocycles. The van der Waals surface area contributed by atoms with Gasteiger partial charge in [0.1, 0.15) is 5.76 Å². The van der Waals surface area contributed by atoms with Crippen LogP contribution in [0.5, 0.6) is 0 Å². The molecular weight excluding hydrogens is 250 g/mol. The quantitative estimate of drug-likeness (QED) is 0.675. The third-order valence-electron chi connectivity index (χ3n) is 2.36. The predicted molar refractivity (Wildman–Crippen MR) is 69.7 cm³/mol. The third kappa shape index (κ3) is 2.66. The largest absolute Gasteiger partial charge is 0.361 e. The van der Waals surface area contributed by atoms with Gasteiger partial charge in [-0.15, -0.1) is 10.2 Å². The predicted octanol–water partition coefficient (Wildman–Crippen LogP) is 1.88. The van der Waals surface area contributed by atoms with Crippen LogP contribution >= 0.6 is 11.8 Å². The van der Waals surface area contributed by atoms with Gasteiger partial charge in [-0.25, -0.2) is 4.68 Å². The molecule has 0 aliphatic rings. The number of hydrogen-bond acceptors (Lipinski definition) is 6. The summed E-state index contributed by atoms with van der Waals surface area (Å²) in [6.07, 6.45) is 0. The molecule has 0 fully saturated rings. The lowest BCUT2D eigenvalue weighted by Crippen LogP contribution is -2.24. The molecule has 18 heavy (non-hydrogen) atoms. The van der Waals surface area contributed by atoms with E-state index in [1.807, 2.05) is 13.0 Å². The molecule has 0 amide bonds. The first-order chi connectivity index (χ1) is 8.38. The molecule has 0 unspecified atom stereocenters. The first kappa shape index (κ1) is 12.9. The van der Waals surface area contributed by atoms with Gasteiger partial charge in [-0.2, -0.15) is 0 Å². The van der Waals surface area contributed by atoms with Gasteiger partial charge in [0.05, 0.1) is 5.69 Å². The van der Waals surface area contributed by atoms with Crippen LogP contribution in [0.4, 0.5) is 0 Å². The van der Waals surface area contributed by atoms with Crippen molar-refractivity contribution in [1.82, 2.24) is 20.0 Å². The van der Waals surface area contributed by atoms with Crippen LogP contribution in [0.1, 0.15) is 38.0 Å². The van der Waals surface area contributed by atoms with E-state index in [4.69, 9.17) is 10.4 Å². The van der Waals surface area contributed by atoms with Crippen molar-refractivity contribution in [1.29, 1.82) is 0 Å². The molecule has 0 spiro atoms. The van der Waals surface area contributed by atoms with E-state index in [2.05, 4.69) is 36.1 Å². The fourth-order valence-electron chi connectivity index (χ4n) is 1.51. The molecule has 0 atom stereocenters. The van der Waals surface area contributed by atoms with Gasteiger partial charge in [-0.05, 0) is 6.92 Å². The van der Waals surface area contributed by atoms with Crippen LogP contribution in [0.25, 0.3) is 0 Å². The zero-order valence-corrected chi connectivity index (χ0v) is 11.8. The molecule has 0 bridgehead atoms. The lowest BCUT2D eigenvalue weighted by atomic mass is 9.96. The highest BCUT2D eigenvalue weighted by Crippen LogP contribution is 2.25. The number of aromatic nitrogens is 4. The van der Waals surface area contributed by atoms with Crippen LogP contribution in [0.2, 0.25) is 0 Å². The summed E-state index contributed by atoms with van der Waals surface area (Å²) in [5.41, 5.74) is 0.753. The smallest absolute Gasteiger partial charge is 0.210 e. The number of rotatable bonds is 3. The minimum absolute atomic E-state index is 0.120. The van der Waals surface area contributed by atoms with Crippen LogP contribution in [0, 0.1) is 6.92 Å². The maximum Gasteiger partial charge on any atom is 0.210 e. The number of nitrogen functional groups attached to an aromatic ring is 1. The van der Waals surface area contributed by atoms with Crippen LogP contribution in [0.15, 0.2) is 15.7 Å². The lowest BCUT2D eigenvalue weighted by molar-refractivity contribution is 0.393. The SMILES string of the molecule is Cc1cc(CSc2nnc(C(C)(C)C)n2N)no1. The standard InChI is InChI=1S/C11H17N5OS/c1-7-5-8(15-17-7)6-18-10-14-13-9(16(10)12)11(2,3)4/h5H,6,12H2,1-4H3. The van der Waals surface area contributed by atoms with Gasteiger partial charge in [0.2, 0.25) is 5.16 Å². The second kappa shape index (κ2) is 4.64. The molecule has 2 aromatic heterocycles. The van der Waals surface area contributed by atoms with E-state index in [-0.39, 0.29) is 5.41 Å². The second-order valence-corrected chi connectivity index (χ2v) is 6.09. The topological polar surface area (TPSA) is 82.8 Å². The van der Waals surface area contributed by atoms with Crippen LogP contribution in [0.3, 0.4) is 0 Å². The number of nitrogens with two attached hydrogens (primary N) is 1. The Bertz CT molecular complexity index is 540. The Balaban J connectivity index is 2.09. The van der Waals surface area contributed by atoms with E-state index in [0.717, 1.165) is 17.3 Å². The Labute approximate surface area is 110 Å². The molecule has 2 rings (SSSR count). The molecule has 2 N–H and O–H groups in total. The van der Waals surface area contributed by atoms with Crippen LogP contribution in [-0.2, 0) is 11.2 Å². The van der Waals surface area contributed by atoms with Crippen LogP contribution < -0.4 is 5.84 Å². The van der Waals surface area contributed by atoms with E-state index in [1.54, 1.807) is 0 Å². The minimum Gasteiger partial charge on any atom is -0.361 e. The maximum atomic E-state index is 5.99. The summed E-state index contributed by atoms with van der Waals surface area (Å²) < 4.78 is 6.54. The van der Waals surface area contributed by atoms with Gasteiger partial charge in [-0.1, -0.05) is 37.7 Å². The van der Waals surface area contributed by atoms with Crippen molar-refractivity contribution >= 4 is 11.8 Å². The summed E-state index contributed by atoms with van der Waals surface area (Å²) in [5.74, 6) is 8.22. The van der Waals surface area contributed by atoms with Gasteiger partial charge >= 0.3 is 0 Å². The Morgan fingerprint density at radius 1 is 1.39 bits per heavy atom. The van der Waals surface area contributed by atoms with E-state index in [0.29, 0.717) is 10.9 Å². The highest BCUT2D eigenvalue weighted by Gasteiger charge is 2.23. The third-order valence-corrected chi connectivity index (χ3v) is 3.34. The zero-order valence-electron chi connectivity index (χ0n) is 11.0. The van der Waals surface area contributed by atoms with Crippen molar-refractivity contribution in [3.05, 3.63) is 23.3 Å². The summed E-state index contributed by atoms with van der Waals surface area (Å²) in [4.78, 5) is 0. The number of hydrogen-bond donors (Lipinski definition) is 1. The molecular formula is C11H17N5OS. The fourth-order valence-corrected chi connectivity index (χ4v) is 2.25. The lowest BCUT2D eigenvalue weighted by Gasteiger charge is -2.16. The van der Waals surface area contributed by atoms with E-state index >= 15 is 0 Å². The van der Waals surface area contributed by atoms with Crippen LogP contribution in [-0.4, -0.2) is 20.0 Å². The molecule has 2 aromatic rings. The molecule has 0 aliphatic carbocycles. The fraction of sp³-hybridized carbons (Fsp3) is 0.545. The van der Waals surface area contributed by atoms with Crippen molar-refractivity contribution < 1.29 is 4.52 Å². The molecule has 0 radical (unpaired) electrons. The molecule has 0 aromatic carbocycles. The average molecular weight is 267 g/mol. The Kier molecular flexibility index (Phi) is 3.34. The highest BCUT2D eigenvalue weighted by atomic mass is 32.2. The molecule has 2 heterocycles. The Hall–Kier alpha value is -1.50. The van der Waals surface area contributed by atoms with Crippen molar-refractivity contribution in [3.63, 3.8) is 0 Å². The Morgan fingerprint density at radius 2 is 2.11 bits per heavy atom. The summed E-state index contributed by atoms with van der Waals surface area (Å²) in [6.45, 7) is 8.02. The molecule has 6 nitrogen and oxygen atoms in total. The summed E-state index contributed by atoms with van der Waals surface area (Å²) in [5, 5.41) is 12.8. The Morgan fingerprint density at radius 3 is 2.61 bits per heavy atom. The van der Waals surface area contributed by atoms with E-state index in [9.17, 15) is 0 Å². The second-order valence-electron chi connectivity index (χ2n) is 5.14. The zero-order chi connectivity index (χ0) is 13.3. The monoisotopic (exact) mass is 267 g/mol. The van der Waals surface area contributed by atoms with E-state index < -0.39 is 0 Å². The van der Waals surface area contributed by atoms with Crippen molar-refractivity contribution in [2.75, 3.05) is 5.84 Å². The maximum absolute atomic E-state index is 5.99. The van der Waals surface area contributed by atoms with Gasteiger partial charge < -0.3 is 10.4 Å². The summed E-state index contributed by atoms with van der Waals surface area (Å²) >= 11 is 1.49. The van der Waals surface area contributed by atoms with Gasteiger partial charge in [0.15, 0.2) is 5.82 Å². The molecule has 7 heteroatoms. The normalized spacial score (nSPS) is 12.0. The number of thioether (sulfide) groups is 1. The first-order valence-corrected chi connectivity index (χ1v) is 6.62. The number of aryl methyl sites for hydroxylation is 1. The van der Waals surface area contributed by atoms with Gasteiger partial charge in [0, 0.05) is 17.2 Å².